The molecule has 0 spiro atoms. The van der Waals surface area contributed by atoms with Crippen LogP contribution in [0.5, 0.6) is 5.75 Å². The lowest BCUT2D eigenvalue weighted by atomic mass is 10.0. The average molecular weight is 265 g/mol. The Morgan fingerprint density at radius 1 is 1.42 bits per heavy atom. The van der Waals surface area contributed by atoms with Gasteiger partial charge in [0.15, 0.2) is 0 Å². The number of nitrogens with zero attached hydrogens (tertiary/aromatic N) is 1. The summed E-state index contributed by atoms with van der Waals surface area (Å²) in [5, 5.41) is 27.9. The number of hydrogen-bond donors (Lipinski definition) is 2. The van der Waals surface area contributed by atoms with Gasteiger partial charge in [-0.05, 0) is 17.7 Å². The molecule has 0 amide bonds. The van der Waals surface area contributed by atoms with E-state index in [-0.39, 0.29) is 17.7 Å². The molecule has 6 nitrogen and oxygen atoms in total. The summed E-state index contributed by atoms with van der Waals surface area (Å²) in [5.74, 6) is -0.331. The van der Waals surface area contributed by atoms with Crippen molar-refractivity contribution < 1.29 is 24.5 Å². The molecule has 1 rings (SSSR count). The zero-order chi connectivity index (χ0) is 14.4. The summed E-state index contributed by atoms with van der Waals surface area (Å²) in [7, 11) is 2.63. The summed E-state index contributed by atoms with van der Waals surface area (Å²) in [6.45, 7) is 0. The molecule has 0 heterocycles. The second-order valence-electron chi connectivity index (χ2n) is 3.83. The second kappa shape index (κ2) is 6.73. The SMILES string of the molecule is COC(=O)c1ccc(C(O)C(O)CC#N)cc1OC. The van der Waals surface area contributed by atoms with E-state index < -0.39 is 18.2 Å². The van der Waals surface area contributed by atoms with Gasteiger partial charge in [-0.2, -0.15) is 5.26 Å². The van der Waals surface area contributed by atoms with Crippen LogP contribution in [0.1, 0.15) is 28.4 Å². The van der Waals surface area contributed by atoms with Crippen LogP contribution >= 0.6 is 0 Å². The first kappa shape index (κ1) is 15.0. The summed E-state index contributed by atoms with van der Waals surface area (Å²) in [6, 6.07) is 6.10. The summed E-state index contributed by atoms with van der Waals surface area (Å²) < 4.78 is 9.63. The lowest BCUT2D eigenvalue weighted by molar-refractivity contribution is 0.0215. The Bertz CT molecular complexity index is 494. The monoisotopic (exact) mass is 265 g/mol. The fourth-order valence-corrected chi connectivity index (χ4v) is 1.60. The number of rotatable bonds is 5. The zero-order valence-corrected chi connectivity index (χ0v) is 10.7. The van der Waals surface area contributed by atoms with Crippen molar-refractivity contribution in [1.82, 2.24) is 0 Å². The lowest BCUT2D eigenvalue weighted by Gasteiger charge is -2.17. The van der Waals surface area contributed by atoms with Gasteiger partial charge in [-0.15, -0.1) is 0 Å². The summed E-state index contributed by atoms with van der Waals surface area (Å²) in [5.41, 5.74) is 0.572. The van der Waals surface area contributed by atoms with Gasteiger partial charge in [-0.25, -0.2) is 4.79 Å². The Morgan fingerprint density at radius 3 is 2.63 bits per heavy atom. The Balaban J connectivity index is 3.06. The van der Waals surface area contributed by atoms with Crippen molar-refractivity contribution in [3.8, 4) is 11.8 Å². The van der Waals surface area contributed by atoms with Crippen molar-refractivity contribution in [2.24, 2.45) is 0 Å². The Morgan fingerprint density at radius 2 is 2.11 bits per heavy atom. The van der Waals surface area contributed by atoms with Crippen molar-refractivity contribution in [2.75, 3.05) is 14.2 Å². The van der Waals surface area contributed by atoms with Crippen molar-refractivity contribution >= 4 is 5.97 Å². The maximum Gasteiger partial charge on any atom is 0.341 e. The van der Waals surface area contributed by atoms with Gasteiger partial charge in [-0.1, -0.05) is 6.07 Å². The van der Waals surface area contributed by atoms with Gasteiger partial charge in [0.25, 0.3) is 0 Å². The van der Waals surface area contributed by atoms with Crippen LogP contribution in [0.2, 0.25) is 0 Å². The number of hydrogen-bond acceptors (Lipinski definition) is 6. The quantitative estimate of drug-likeness (QED) is 0.763. The van der Waals surface area contributed by atoms with E-state index in [0.717, 1.165) is 0 Å². The van der Waals surface area contributed by atoms with Crippen LogP contribution in [0.25, 0.3) is 0 Å². The summed E-state index contributed by atoms with van der Waals surface area (Å²) >= 11 is 0. The van der Waals surface area contributed by atoms with Gasteiger partial charge in [0.05, 0.1) is 32.8 Å². The number of nitriles is 1. The number of carbonyl (C=O) groups excluding carboxylic acids is 1. The van der Waals surface area contributed by atoms with Crippen LogP contribution in [-0.4, -0.2) is 36.5 Å². The number of esters is 1. The highest BCUT2D eigenvalue weighted by Crippen LogP contribution is 2.26. The fraction of sp³-hybridized carbons (Fsp3) is 0.385. The van der Waals surface area contributed by atoms with E-state index in [2.05, 4.69) is 4.74 Å². The molecule has 0 saturated carbocycles. The van der Waals surface area contributed by atoms with Gasteiger partial charge in [0.2, 0.25) is 0 Å². The highest BCUT2D eigenvalue weighted by molar-refractivity contribution is 5.92. The van der Waals surface area contributed by atoms with E-state index in [1.54, 1.807) is 6.07 Å². The normalized spacial score (nSPS) is 13.2. The molecule has 19 heavy (non-hydrogen) atoms. The molecule has 2 atom stereocenters. The zero-order valence-electron chi connectivity index (χ0n) is 10.7. The van der Waals surface area contributed by atoms with Crippen LogP contribution < -0.4 is 4.74 Å². The number of benzene rings is 1. The van der Waals surface area contributed by atoms with Gasteiger partial charge in [0, 0.05) is 0 Å². The molecular formula is C13H15NO5. The minimum absolute atomic E-state index is 0.192. The van der Waals surface area contributed by atoms with Gasteiger partial charge in [0.1, 0.15) is 17.4 Å². The Hall–Kier alpha value is -2.10. The fourth-order valence-electron chi connectivity index (χ4n) is 1.60. The molecule has 0 bridgehead atoms. The number of methoxy groups -OCH3 is 2. The highest BCUT2D eigenvalue weighted by Gasteiger charge is 2.21. The molecule has 0 aromatic heterocycles. The second-order valence-corrected chi connectivity index (χ2v) is 3.83. The third-order valence-corrected chi connectivity index (χ3v) is 2.64. The number of aliphatic hydroxyl groups excluding tert-OH is 2. The predicted octanol–water partition coefficient (Wildman–Crippen LogP) is 0.790. The topological polar surface area (TPSA) is 99.8 Å². The molecule has 0 aliphatic rings. The molecule has 1 aromatic rings. The number of carbonyl (C=O) groups is 1. The van der Waals surface area contributed by atoms with E-state index in [1.807, 2.05) is 0 Å². The molecule has 0 radical (unpaired) electrons. The minimum atomic E-state index is -1.22. The molecule has 0 aliphatic heterocycles. The Kier molecular flexibility index (Phi) is 5.30. The first-order valence-corrected chi connectivity index (χ1v) is 5.54. The molecule has 6 heteroatoms. The van der Waals surface area contributed by atoms with Gasteiger partial charge < -0.3 is 19.7 Å². The van der Waals surface area contributed by atoms with Crippen LogP contribution in [0.3, 0.4) is 0 Å². The van der Waals surface area contributed by atoms with E-state index in [4.69, 9.17) is 10.00 Å². The Labute approximate surface area is 110 Å². The maximum atomic E-state index is 11.5. The summed E-state index contributed by atoms with van der Waals surface area (Å²) in [6.07, 6.45) is -2.61. The van der Waals surface area contributed by atoms with Crippen molar-refractivity contribution in [3.05, 3.63) is 29.3 Å². The molecule has 1 aromatic carbocycles. The minimum Gasteiger partial charge on any atom is -0.496 e. The van der Waals surface area contributed by atoms with E-state index >= 15 is 0 Å². The third kappa shape index (κ3) is 3.44. The molecular weight excluding hydrogens is 250 g/mol. The highest BCUT2D eigenvalue weighted by atomic mass is 16.5. The van der Waals surface area contributed by atoms with Crippen LogP contribution in [0.4, 0.5) is 0 Å². The van der Waals surface area contributed by atoms with Crippen LogP contribution in [0, 0.1) is 11.3 Å². The summed E-state index contributed by atoms with van der Waals surface area (Å²) in [4.78, 5) is 11.5. The van der Waals surface area contributed by atoms with Gasteiger partial charge in [-0.3, -0.25) is 0 Å². The number of ether oxygens (including phenoxy) is 2. The molecule has 2 unspecified atom stereocenters. The smallest absolute Gasteiger partial charge is 0.341 e. The van der Waals surface area contributed by atoms with Gasteiger partial charge >= 0.3 is 5.97 Å². The maximum absolute atomic E-state index is 11.5. The van der Waals surface area contributed by atoms with E-state index in [0.29, 0.717) is 5.56 Å². The van der Waals surface area contributed by atoms with Crippen LogP contribution in [0.15, 0.2) is 18.2 Å². The predicted molar refractivity (Wildman–Crippen MR) is 65.5 cm³/mol. The average Bonchev–Trinajstić information content (AvgIpc) is 2.45. The molecule has 0 aliphatic carbocycles. The van der Waals surface area contributed by atoms with Crippen molar-refractivity contribution in [1.29, 1.82) is 5.26 Å². The standard InChI is InChI=1S/C13H15NO5/c1-18-11-7-8(12(16)10(15)5-6-14)3-4-9(11)13(17)19-2/h3-4,7,10,12,15-16H,5H2,1-2H3. The first-order valence-electron chi connectivity index (χ1n) is 5.54. The largest absolute Gasteiger partial charge is 0.496 e. The molecule has 2 N–H and O–H groups in total. The van der Waals surface area contributed by atoms with Crippen molar-refractivity contribution in [2.45, 2.75) is 18.6 Å². The molecule has 0 fully saturated rings. The van der Waals surface area contributed by atoms with E-state index in [1.165, 1.54) is 32.4 Å². The molecule has 0 saturated heterocycles. The van der Waals surface area contributed by atoms with E-state index in [9.17, 15) is 15.0 Å². The third-order valence-electron chi connectivity index (χ3n) is 2.64. The molecule has 102 valence electrons. The van der Waals surface area contributed by atoms with Crippen LogP contribution in [-0.2, 0) is 4.74 Å². The number of aliphatic hydroxyl groups is 2. The first-order chi connectivity index (χ1) is 9.04. The lowest BCUT2D eigenvalue weighted by Crippen LogP contribution is -2.17. The van der Waals surface area contributed by atoms with Crippen molar-refractivity contribution in [3.63, 3.8) is 0 Å².